The largest absolute Gasteiger partial charge is 0.393 e. The van der Waals surface area contributed by atoms with Crippen molar-refractivity contribution < 1.29 is 14.7 Å². The van der Waals surface area contributed by atoms with E-state index in [4.69, 9.17) is 5.73 Å². The third kappa shape index (κ3) is 6.32. The quantitative estimate of drug-likeness (QED) is 0.665. The first-order valence-corrected chi connectivity index (χ1v) is 8.11. The van der Waals surface area contributed by atoms with Crippen LogP contribution in [0.3, 0.4) is 0 Å². The minimum absolute atomic E-state index is 0.00567. The Hall–Kier alpha value is -1.14. The second kappa shape index (κ2) is 7.92. The van der Waals surface area contributed by atoms with Gasteiger partial charge in [-0.25, -0.2) is 0 Å². The zero-order chi connectivity index (χ0) is 16.9. The van der Waals surface area contributed by atoms with E-state index in [-0.39, 0.29) is 36.4 Å². The molecule has 0 radical (unpaired) electrons. The molecule has 22 heavy (non-hydrogen) atoms. The number of nitrogens with one attached hydrogen (secondary N) is 1. The van der Waals surface area contributed by atoms with Gasteiger partial charge in [-0.1, -0.05) is 27.7 Å². The number of aliphatic hydroxyl groups excluding tert-OH is 1. The SMILES string of the molecule is CCC(O)CC1CC(NC(=O)C(C)(C)C)CN(CC(N)=O)C1. The Morgan fingerprint density at radius 3 is 2.50 bits per heavy atom. The fraction of sp³-hybridized carbons (Fsp3) is 0.875. The molecule has 0 aromatic heterocycles. The molecule has 3 unspecified atom stereocenters. The molecular formula is C16H31N3O3. The second-order valence-corrected chi connectivity index (χ2v) is 7.48. The predicted octanol–water partition coefficient (Wildman–Crippen LogP) is 0.486. The molecule has 2 amide bonds. The Bertz CT molecular complexity index is 393. The van der Waals surface area contributed by atoms with Crippen molar-refractivity contribution in [2.24, 2.45) is 17.1 Å². The van der Waals surface area contributed by atoms with Gasteiger partial charge >= 0.3 is 0 Å². The fourth-order valence-corrected chi connectivity index (χ4v) is 2.88. The topological polar surface area (TPSA) is 95.7 Å². The molecule has 1 aliphatic heterocycles. The van der Waals surface area contributed by atoms with Crippen molar-refractivity contribution in [3.8, 4) is 0 Å². The van der Waals surface area contributed by atoms with Gasteiger partial charge in [0.05, 0.1) is 12.6 Å². The molecule has 128 valence electrons. The number of nitrogens with zero attached hydrogens (tertiary/aromatic N) is 1. The average molecular weight is 313 g/mol. The monoisotopic (exact) mass is 313 g/mol. The Labute approximate surface area is 133 Å². The minimum Gasteiger partial charge on any atom is -0.393 e. The number of nitrogens with two attached hydrogens (primary N) is 1. The summed E-state index contributed by atoms with van der Waals surface area (Å²) in [7, 11) is 0. The molecule has 0 spiro atoms. The average Bonchev–Trinajstić information content (AvgIpc) is 2.36. The van der Waals surface area contributed by atoms with E-state index in [1.807, 2.05) is 32.6 Å². The van der Waals surface area contributed by atoms with Gasteiger partial charge in [0, 0.05) is 24.5 Å². The van der Waals surface area contributed by atoms with Gasteiger partial charge in [0.15, 0.2) is 0 Å². The summed E-state index contributed by atoms with van der Waals surface area (Å²) < 4.78 is 0. The number of primary amides is 1. The van der Waals surface area contributed by atoms with Crippen LogP contribution in [0.25, 0.3) is 0 Å². The molecule has 3 atom stereocenters. The summed E-state index contributed by atoms with van der Waals surface area (Å²) in [6.45, 7) is 9.15. The molecule has 6 nitrogen and oxygen atoms in total. The molecule has 0 bridgehead atoms. The maximum Gasteiger partial charge on any atom is 0.231 e. The van der Waals surface area contributed by atoms with Gasteiger partial charge in [-0.15, -0.1) is 0 Å². The summed E-state index contributed by atoms with van der Waals surface area (Å²) in [5.74, 6) is -0.0980. The minimum atomic E-state index is -0.440. The van der Waals surface area contributed by atoms with E-state index < -0.39 is 5.41 Å². The molecule has 1 fully saturated rings. The number of rotatable bonds is 6. The third-order valence-corrected chi connectivity index (χ3v) is 4.09. The van der Waals surface area contributed by atoms with Crippen LogP contribution in [-0.4, -0.2) is 53.6 Å². The van der Waals surface area contributed by atoms with Crippen molar-refractivity contribution >= 4 is 11.8 Å². The number of piperidine rings is 1. The number of carbonyl (C=O) groups is 2. The lowest BCUT2D eigenvalue weighted by atomic mass is 9.87. The van der Waals surface area contributed by atoms with Crippen molar-refractivity contribution in [1.82, 2.24) is 10.2 Å². The first-order chi connectivity index (χ1) is 10.1. The van der Waals surface area contributed by atoms with Crippen molar-refractivity contribution in [2.45, 2.75) is 59.1 Å². The van der Waals surface area contributed by atoms with E-state index in [0.29, 0.717) is 19.4 Å². The standard InChI is InChI=1S/C16H31N3O3/c1-5-13(20)7-11-6-12(18-15(22)16(2,3)4)9-19(8-11)10-14(17)21/h11-13,20H,5-10H2,1-4H3,(H2,17,21)(H,18,22). The van der Waals surface area contributed by atoms with Gasteiger partial charge in [-0.3, -0.25) is 14.5 Å². The lowest BCUT2D eigenvalue weighted by Gasteiger charge is -2.39. The van der Waals surface area contributed by atoms with E-state index in [9.17, 15) is 14.7 Å². The maximum absolute atomic E-state index is 12.2. The summed E-state index contributed by atoms with van der Waals surface area (Å²) >= 11 is 0. The van der Waals surface area contributed by atoms with Crippen LogP contribution in [-0.2, 0) is 9.59 Å². The number of carbonyl (C=O) groups excluding carboxylic acids is 2. The van der Waals surface area contributed by atoms with Crippen LogP contribution in [0.4, 0.5) is 0 Å². The molecule has 1 rings (SSSR count). The number of amides is 2. The van der Waals surface area contributed by atoms with Crippen LogP contribution in [0.5, 0.6) is 0 Å². The van der Waals surface area contributed by atoms with Crippen LogP contribution < -0.4 is 11.1 Å². The number of hydrogen-bond donors (Lipinski definition) is 3. The van der Waals surface area contributed by atoms with Crippen LogP contribution >= 0.6 is 0 Å². The molecule has 0 aliphatic carbocycles. The first-order valence-electron chi connectivity index (χ1n) is 8.11. The van der Waals surface area contributed by atoms with Gasteiger partial charge in [-0.2, -0.15) is 0 Å². The fourth-order valence-electron chi connectivity index (χ4n) is 2.88. The van der Waals surface area contributed by atoms with Gasteiger partial charge in [0.2, 0.25) is 11.8 Å². The molecule has 1 aliphatic rings. The highest BCUT2D eigenvalue weighted by atomic mass is 16.3. The molecule has 4 N–H and O–H groups in total. The summed E-state index contributed by atoms with van der Waals surface area (Å²) in [5, 5.41) is 12.9. The smallest absolute Gasteiger partial charge is 0.231 e. The normalized spacial score (nSPS) is 24.8. The second-order valence-electron chi connectivity index (χ2n) is 7.48. The van der Waals surface area contributed by atoms with Gasteiger partial charge in [0.1, 0.15) is 0 Å². The Morgan fingerprint density at radius 1 is 1.36 bits per heavy atom. The van der Waals surface area contributed by atoms with Crippen LogP contribution in [0.2, 0.25) is 0 Å². The third-order valence-electron chi connectivity index (χ3n) is 4.09. The van der Waals surface area contributed by atoms with Gasteiger partial charge < -0.3 is 16.2 Å². The first kappa shape index (κ1) is 18.9. The lowest BCUT2D eigenvalue weighted by molar-refractivity contribution is -0.129. The van der Waals surface area contributed by atoms with E-state index in [1.165, 1.54) is 0 Å². The highest BCUT2D eigenvalue weighted by Crippen LogP contribution is 2.23. The van der Waals surface area contributed by atoms with Gasteiger partial charge in [0.25, 0.3) is 0 Å². The van der Waals surface area contributed by atoms with Crippen LogP contribution in [0.1, 0.15) is 47.0 Å². The summed E-state index contributed by atoms with van der Waals surface area (Å²) in [6.07, 6.45) is 1.89. The Balaban J connectivity index is 2.70. The van der Waals surface area contributed by atoms with Crippen LogP contribution in [0.15, 0.2) is 0 Å². The van der Waals surface area contributed by atoms with E-state index >= 15 is 0 Å². The van der Waals surface area contributed by atoms with Crippen molar-refractivity contribution in [1.29, 1.82) is 0 Å². The number of aliphatic hydroxyl groups is 1. The molecule has 0 saturated carbocycles. The van der Waals surface area contributed by atoms with E-state index in [0.717, 1.165) is 13.0 Å². The number of likely N-dealkylation sites (tertiary alicyclic amines) is 1. The Morgan fingerprint density at radius 2 is 2.00 bits per heavy atom. The van der Waals surface area contributed by atoms with E-state index in [2.05, 4.69) is 5.32 Å². The number of hydrogen-bond acceptors (Lipinski definition) is 4. The summed E-state index contributed by atoms with van der Waals surface area (Å²) in [4.78, 5) is 25.3. The maximum atomic E-state index is 12.2. The van der Waals surface area contributed by atoms with Crippen molar-refractivity contribution in [3.63, 3.8) is 0 Å². The lowest BCUT2D eigenvalue weighted by Crippen LogP contribution is -2.54. The predicted molar refractivity (Wildman–Crippen MR) is 86.0 cm³/mol. The molecule has 1 saturated heterocycles. The summed E-state index contributed by atoms with van der Waals surface area (Å²) in [6, 6.07) is -0.00567. The highest BCUT2D eigenvalue weighted by Gasteiger charge is 2.32. The zero-order valence-electron chi connectivity index (χ0n) is 14.3. The molecular weight excluding hydrogens is 282 g/mol. The van der Waals surface area contributed by atoms with Crippen LogP contribution in [0, 0.1) is 11.3 Å². The van der Waals surface area contributed by atoms with E-state index in [1.54, 1.807) is 0 Å². The van der Waals surface area contributed by atoms with Gasteiger partial charge in [-0.05, 0) is 25.2 Å². The molecule has 1 heterocycles. The molecule has 6 heteroatoms. The molecule has 0 aromatic carbocycles. The summed E-state index contributed by atoms with van der Waals surface area (Å²) in [5.41, 5.74) is 4.85. The van der Waals surface area contributed by atoms with Crippen molar-refractivity contribution in [3.05, 3.63) is 0 Å². The zero-order valence-corrected chi connectivity index (χ0v) is 14.3. The highest BCUT2D eigenvalue weighted by molar-refractivity contribution is 5.81. The molecule has 0 aromatic rings. The Kier molecular flexibility index (Phi) is 6.81. The van der Waals surface area contributed by atoms with Crippen molar-refractivity contribution in [2.75, 3.05) is 19.6 Å².